The number of aromatic hydroxyl groups is 1. The molecular weight excluding hydrogens is 392 g/mol. The van der Waals surface area contributed by atoms with Gasteiger partial charge in [0.15, 0.2) is 0 Å². The standard InChI is InChI=1S/C22H21ClN2O4/c1-13-4-6-15(10-19(13)23)25-22-18(21(27)24-12-17-3-2-8-28-17)9-14-5-7-16(26)11-20(14)29-22/h4-7,9-11,17,26H,2-3,8,12H2,1H3,(H,24,27)/t17-/m0/s1. The lowest BCUT2D eigenvalue weighted by molar-refractivity contribution is 0.0854. The van der Waals surface area contributed by atoms with Crippen molar-refractivity contribution in [2.75, 3.05) is 13.2 Å². The Labute approximate surface area is 172 Å². The molecule has 1 atom stereocenters. The average molecular weight is 413 g/mol. The minimum Gasteiger partial charge on any atom is -0.508 e. The maximum atomic E-state index is 12.9. The number of nitrogens with zero attached hydrogens (tertiary/aromatic N) is 1. The van der Waals surface area contributed by atoms with Crippen molar-refractivity contribution in [3.8, 4) is 5.75 Å². The van der Waals surface area contributed by atoms with Crippen LogP contribution in [0.3, 0.4) is 0 Å². The van der Waals surface area contributed by atoms with E-state index in [1.165, 1.54) is 6.07 Å². The Morgan fingerprint density at radius 1 is 1.28 bits per heavy atom. The zero-order chi connectivity index (χ0) is 20.4. The molecule has 7 heteroatoms. The van der Waals surface area contributed by atoms with Crippen molar-refractivity contribution in [1.82, 2.24) is 5.32 Å². The molecule has 6 nitrogen and oxygen atoms in total. The molecule has 0 radical (unpaired) electrons. The van der Waals surface area contributed by atoms with Gasteiger partial charge >= 0.3 is 0 Å². The van der Waals surface area contributed by atoms with E-state index in [9.17, 15) is 9.90 Å². The smallest absolute Gasteiger partial charge is 0.256 e. The van der Waals surface area contributed by atoms with E-state index in [-0.39, 0.29) is 23.3 Å². The Morgan fingerprint density at radius 2 is 2.14 bits per heavy atom. The normalized spacial score (nSPS) is 17.0. The predicted octanol–water partition coefficient (Wildman–Crippen LogP) is 4.24. The molecule has 1 amide bonds. The molecule has 1 fully saturated rings. The highest BCUT2D eigenvalue weighted by Gasteiger charge is 2.18. The molecule has 150 valence electrons. The Balaban J connectivity index is 1.76. The number of ether oxygens (including phenoxy) is 1. The molecule has 1 aromatic heterocycles. The molecular formula is C22H21ClN2O4. The molecule has 2 heterocycles. The summed E-state index contributed by atoms with van der Waals surface area (Å²) in [4.78, 5) is 17.4. The first kappa shape index (κ1) is 19.5. The SMILES string of the molecule is Cc1ccc(N=c2oc3cc(O)ccc3cc2C(=O)NC[C@@H]2CCCO2)cc1Cl. The van der Waals surface area contributed by atoms with Crippen LogP contribution in [0.1, 0.15) is 28.8 Å². The number of phenolic OH excluding ortho intramolecular Hbond substituents is 1. The van der Waals surface area contributed by atoms with Crippen molar-refractivity contribution in [3.63, 3.8) is 0 Å². The van der Waals surface area contributed by atoms with E-state index in [0.29, 0.717) is 33.8 Å². The van der Waals surface area contributed by atoms with Gasteiger partial charge in [-0.2, -0.15) is 0 Å². The summed E-state index contributed by atoms with van der Waals surface area (Å²) in [6.45, 7) is 3.06. The number of rotatable bonds is 4. The number of carbonyl (C=O) groups is 1. The second kappa shape index (κ2) is 8.27. The monoisotopic (exact) mass is 412 g/mol. The van der Waals surface area contributed by atoms with Gasteiger partial charge in [0.1, 0.15) is 16.9 Å². The third-order valence-corrected chi connectivity index (χ3v) is 5.29. The summed E-state index contributed by atoms with van der Waals surface area (Å²) in [5.74, 6) is -0.225. The minimum atomic E-state index is -0.295. The second-order valence-electron chi connectivity index (χ2n) is 7.08. The van der Waals surface area contributed by atoms with Crippen molar-refractivity contribution in [2.45, 2.75) is 25.9 Å². The summed E-state index contributed by atoms with van der Waals surface area (Å²) in [5, 5.41) is 13.9. The van der Waals surface area contributed by atoms with Crippen molar-refractivity contribution in [2.24, 2.45) is 4.99 Å². The summed E-state index contributed by atoms with van der Waals surface area (Å²) in [6, 6.07) is 11.8. The molecule has 3 aromatic rings. The quantitative estimate of drug-likeness (QED) is 0.671. The number of fused-ring (bicyclic) bond motifs is 1. The van der Waals surface area contributed by atoms with E-state index < -0.39 is 0 Å². The number of benzene rings is 2. The van der Waals surface area contributed by atoms with Crippen LogP contribution in [0.25, 0.3) is 11.0 Å². The lowest BCUT2D eigenvalue weighted by Gasteiger charge is -2.11. The molecule has 1 aliphatic heterocycles. The highest BCUT2D eigenvalue weighted by Crippen LogP contribution is 2.23. The maximum absolute atomic E-state index is 12.9. The molecule has 0 bridgehead atoms. The fourth-order valence-electron chi connectivity index (χ4n) is 3.23. The molecule has 2 aromatic carbocycles. The summed E-state index contributed by atoms with van der Waals surface area (Å²) < 4.78 is 11.4. The van der Waals surface area contributed by atoms with Gasteiger partial charge in [0.2, 0.25) is 5.55 Å². The van der Waals surface area contributed by atoms with Gasteiger partial charge in [0.25, 0.3) is 5.91 Å². The number of phenols is 1. The van der Waals surface area contributed by atoms with E-state index in [2.05, 4.69) is 10.3 Å². The highest BCUT2D eigenvalue weighted by molar-refractivity contribution is 6.31. The highest BCUT2D eigenvalue weighted by atomic mass is 35.5. The number of amides is 1. The molecule has 0 aliphatic carbocycles. The molecule has 0 spiro atoms. The Morgan fingerprint density at radius 3 is 2.90 bits per heavy atom. The van der Waals surface area contributed by atoms with Gasteiger partial charge in [-0.1, -0.05) is 17.7 Å². The molecule has 0 unspecified atom stereocenters. The van der Waals surface area contributed by atoms with Gasteiger partial charge in [0, 0.05) is 29.6 Å². The van der Waals surface area contributed by atoms with Gasteiger partial charge in [-0.15, -0.1) is 0 Å². The number of halogens is 1. The fourth-order valence-corrected chi connectivity index (χ4v) is 3.40. The predicted molar refractivity (Wildman–Crippen MR) is 111 cm³/mol. The largest absolute Gasteiger partial charge is 0.508 e. The van der Waals surface area contributed by atoms with Gasteiger partial charge in [-0.3, -0.25) is 4.79 Å². The molecule has 29 heavy (non-hydrogen) atoms. The van der Waals surface area contributed by atoms with Gasteiger partial charge < -0.3 is 19.6 Å². The number of nitrogens with one attached hydrogen (secondary N) is 1. The van der Waals surface area contributed by atoms with Crippen LogP contribution in [0.2, 0.25) is 5.02 Å². The zero-order valence-corrected chi connectivity index (χ0v) is 16.7. The van der Waals surface area contributed by atoms with Crippen LogP contribution in [-0.4, -0.2) is 30.3 Å². The lowest BCUT2D eigenvalue weighted by Crippen LogP contribution is -2.34. The first-order valence-electron chi connectivity index (χ1n) is 9.47. The molecule has 0 saturated carbocycles. The number of carbonyl (C=O) groups excluding carboxylic acids is 1. The van der Waals surface area contributed by atoms with Crippen LogP contribution in [0.4, 0.5) is 5.69 Å². The van der Waals surface area contributed by atoms with Gasteiger partial charge in [-0.05, 0) is 55.7 Å². The van der Waals surface area contributed by atoms with Gasteiger partial charge in [0.05, 0.1) is 11.8 Å². The molecule has 4 rings (SSSR count). The first-order valence-corrected chi connectivity index (χ1v) is 9.85. The van der Waals surface area contributed by atoms with Crippen LogP contribution >= 0.6 is 11.6 Å². The summed E-state index contributed by atoms with van der Waals surface area (Å²) in [6.07, 6.45) is 1.97. The summed E-state index contributed by atoms with van der Waals surface area (Å²) in [5.41, 5.74) is 2.38. The number of aryl methyl sites for hydroxylation is 1. The molecule has 1 aliphatic rings. The molecule has 2 N–H and O–H groups in total. The Hall–Kier alpha value is -2.83. The first-order chi connectivity index (χ1) is 14.0. The molecule has 1 saturated heterocycles. The number of hydrogen-bond donors (Lipinski definition) is 2. The van der Waals surface area contributed by atoms with Crippen LogP contribution < -0.4 is 10.9 Å². The van der Waals surface area contributed by atoms with Crippen molar-refractivity contribution >= 4 is 34.2 Å². The third kappa shape index (κ3) is 4.44. The van der Waals surface area contributed by atoms with E-state index in [0.717, 1.165) is 25.0 Å². The van der Waals surface area contributed by atoms with Gasteiger partial charge in [-0.25, -0.2) is 4.99 Å². The van der Waals surface area contributed by atoms with E-state index in [4.69, 9.17) is 20.8 Å². The van der Waals surface area contributed by atoms with Crippen molar-refractivity contribution < 1.29 is 19.1 Å². The lowest BCUT2D eigenvalue weighted by atomic mass is 10.1. The van der Waals surface area contributed by atoms with Crippen molar-refractivity contribution in [1.29, 1.82) is 0 Å². The van der Waals surface area contributed by atoms with E-state index in [1.54, 1.807) is 30.3 Å². The Bertz CT molecular complexity index is 1130. The third-order valence-electron chi connectivity index (χ3n) is 4.88. The minimum absolute atomic E-state index is 0.0320. The van der Waals surface area contributed by atoms with E-state index >= 15 is 0 Å². The van der Waals surface area contributed by atoms with Crippen molar-refractivity contribution in [3.05, 3.63) is 64.2 Å². The number of hydrogen-bond acceptors (Lipinski definition) is 5. The second-order valence-corrected chi connectivity index (χ2v) is 7.48. The van der Waals surface area contributed by atoms with Crippen LogP contribution in [0.15, 0.2) is 51.9 Å². The maximum Gasteiger partial charge on any atom is 0.256 e. The zero-order valence-electron chi connectivity index (χ0n) is 15.9. The van der Waals surface area contributed by atoms with Crippen LogP contribution in [-0.2, 0) is 4.74 Å². The topological polar surface area (TPSA) is 84.1 Å². The summed E-state index contributed by atoms with van der Waals surface area (Å²) >= 11 is 6.20. The Kier molecular flexibility index (Phi) is 5.56. The average Bonchev–Trinajstić information content (AvgIpc) is 3.22. The van der Waals surface area contributed by atoms with E-state index in [1.807, 2.05) is 13.0 Å². The van der Waals surface area contributed by atoms with Crippen LogP contribution in [0, 0.1) is 6.92 Å². The fraction of sp³-hybridized carbons (Fsp3) is 0.273. The summed E-state index contributed by atoms with van der Waals surface area (Å²) in [7, 11) is 0. The van der Waals surface area contributed by atoms with Crippen LogP contribution in [0.5, 0.6) is 5.75 Å².